The van der Waals surface area contributed by atoms with Crippen LogP contribution in [-0.2, 0) is 13.6 Å². The molecule has 0 unspecified atom stereocenters. The fourth-order valence-electron chi connectivity index (χ4n) is 2.27. The van der Waals surface area contributed by atoms with Crippen LogP contribution in [0.3, 0.4) is 0 Å². The van der Waals surface area contributed by atoms with Crippen LogP contribution < -0.4 is 5.32 Å². The molecule has 0 aliphatic rings. The zero-order chi connectivity index (χ0) is 13.8. The molecule has 3 aromatic rings. The third-order valence-electron chi connectivity index (χ3n) is 3.25. The molecule has 1 heterocycles. The topological polar surface area (TPSA) is 29.9 Å². The van der Waals surface area contributed by atoms with Crippen molar-refractivity contribution in [3.05, 3.63) is 72.6 Å². The number of rotatable bonds is 4. The number of aromatic nitrogens is 2. The fourth-order valence-corrected chi connectivity index (χ4v) is 2.27. The summed E-state index contributed by atoms with van der Waals surface area (Å²) in [4.78, 5) is 0. The Morgan fingerprint density at radius 3 is 2.50 bits per heavy atom. The van der Waals surface area contributed by atoms with E-state index in [1.807, 2.05) is 30.2 Å². The molecule has 0 spiro atoms. The highest BCUT2D eigenvalue weighted by Crippen LogP contribution is 2.27. The Kier molecular flexibility index (Phi) is 3.50. The van der Waals surface area contributed by atoms with Gasteiger partial charge in [0.15, 0.2) is 0 Å². The highest BCUT2D eigenvalue weighted by molar-refractivity contribution is 5.77. The lowest BCUT2D eigenvalue weighted by molar-refractivity contribution is 0.767. The Morgan fingerprint density at radius 1 is 1.00 bits per heavy atom. The third-order valence-corrected chi connectivity index (χ3v) is 3.25. The second-order valence-corrected chi connectivity index (χ2v) is 4.79. The van der Waals surface area contributed by atoms with Crippen molar-refractivity contribution in [3.63, 3.8) is 0 Å². The molecule has 3 heteroatoms. The van der Waals surface area contributed by atoms with Crippen molar-refractivity contribution < 1.29 is 0 Å². The van der Waals surface area contributed by atoms with Crippen molar-refractivity contribution in [2.24, 2.45) is 7.05 Å². The second kappa shape index (κ2) is 5.61. The number of nitrogens with one attached hydrogen (secondary N) is 1. The smallest absolute Gasteiger partial charge is 0.0539 e. The van der Waals surface area contributed by atoms with Crippen LogP contribution in [0.5, 0.6) is 0 Å². The monoisotopic (exact) mass is 263 g/mol. The molecule has 20 heavy (non-hydrogen) atoms. The van der Waals surface area contributed by atoms with E-state index in [1.165, 1.54) is 16.7 Å². The van der Waals surface area contributed by atoms with Crippen LogP contribution in [0, 0.1) is 0 Å². The number of benzene rings is 2. The van der Waals surface area contributed by atoms with Crippen LogP contribution in [0.4, 0.5) is 5.69 Å². The number of hydrogen-bond donors (Lipinski definition) is 1. The molecule has 0 bridgehead atoms. The molecule has 100 valence electrons. The molecule has 0 saturated heterocycles. The number of nitrogens with zero attached hydrogens (tertiary/aromatic N) is 2. The maximum absolute atomic E-state index is 4.19. The minimum atomic E-state index is 0.775. The van der Waals surface area contributed by atoms with Crippen LogP contribution in [0.15, 0.2) is 67.0 Å². The molecule has 0 saturated carbocycles. The molecule has 0 aliphatic heterocycles. The average Bonchev–Trinajstić information content (AvgIpc) is 2.92. The molecule has 0 amide bonds. The van der Waals surface area contributed by atoms with E-state index in [0.29, 0.717) is 0 Å². The van der Waals surface area contributed by atoms with Crippen molar-refractivity contribution in [2.75, 3.05) is 5.32 Å². The molecule has 2 aromatic carbocycles. The standard InChI is InChI=1S/C17H17N3/c1-20-13-14(12-19-20)11-18-17-10-6-5-9-16(17)15-7-3-2-4-8-15/h2-10,12-13,18H,11H2,1H3. The summed E-state index contributed by atoms with van der Waals surface area (Å²) in [6.45, 7) is 0.775. The number of anilines is 1. The van der Waals surface area contributed by atoms with Gasteiger partial charge in [-0.3, -0.25) is 4.68 Å². The fraction of sp³-hybridized carbons (Fsp3) is 0.118. The predicted molar refractivity (Wildman–Crippen MR) is 82.4 cm³/mol. The first kappa shape index (κ1) is 12.5. The van der Waals surface area contributed by atoms with E-state index in [9.17, 15) is 0 Å². The van der Waals surface area contributed by atoms with Gasteiger partial charge in [-0.1, -0.05) is 48.5 Å². The second-order valence-electron chi connectivity index (χ2n) is 4.79. The van der Waals surface area contributed by atoms with Crippen LogP contribution in [0.2, 0.25) is 0 Å². The van der Waals surface area contributed by atoms with Gasteiger partial charge in [-0.25, -0.2) is 0 Å². The van der Waals surface area contributed by atoms with E-state index in [1.54, 1.807) is 0 Å². The molecule has 0 fully saturated rings. The summed E-state index contributed by atoms with van der Waals surface area (Å²) < 4.78 is 1.82. The average molecular weight is 263 g/mol. The highest BCUT2D eigenvalue weighted by atomic mass is 15.2. The maximum atomic E-state index is 4.19. The molecule has 1 aromatic heterocycles. The summed E-state index contributed by atoms with van der Waals surface area (Å²) in [5.74, 6) is 0. The highest BCUT2D eigenvalue weighted by Gasteiger charge is 2.04. The summed E-state index contributed by atoms with van der Waals surface area (Å²) in [7, 11) is 1.93. The van der Waals surface area contributed by atoms with Gasteiger partial charge in [-0.05, 0) is 11.6 Å². The van der Waals surface area contributed by atoms with E-state index in [4.69, 9.17) is 0 Å². The summed E-state index contributed by atoms with van der Waals surface area (Å²) in [5.41, 5.74) is 4.76. The van der Waals surface area contributed by atoms with Gasteiger partial charge in [-0.2, -0.15) is 5.10 Å². The van der Waals surface area contributed by atoms with Crippen molar-refractivity contribution in [1.29, 1.82) is 0 Å². The first-order chi connectivity index (χ1) is 9.83. The first-order valence-electron chi connectivity index (χ1n) is 6.69. The van der Waals surface area contributed by atoms with Gasteiger partial charge in [0.05, 0.1) is 6.20 Å². The summed E-state index contributed by atoms with van der Waals surface area (Å²) in [5, 5.41) is 7.67. The Hall–Kier alpha value is -2.55. The van der Waals surface area contributed by atoms with E-state index < -0.39 is 0 Å². The van der Waals surface area contributed by atoms with Crippen molar-refractivity contribution in [3.8, 4) is 11.1 Å². The number of para-hydroxylation sites is 1. The molecule has 3 rings (SSSR count). The van der Waals surface area contributed by atoms with Gasteiger partial charge in [0.1, 0.15) is 0 Å². The van der Waals surface area contributed by atoms with Gasteiger partial charge in [-0.15, -0.1) is 0 Å². The lowest BCUT2D eigenvalue weighted by Crippen LogP contribution is -2.00. The number of hydrogen-bond acceptors (Lipinski definition) is 2. The van der Waals surface area contributed by atoms with Crippen molar-refractivity contribution in [1.82, 2.24) is 9.78 Å². The van der Waals surface area contributed by atoms with Gasteiger partial charge in [0.2, 0.25) is 0 Å². The van der Waals surface area contributed by atoms with Crippen LogP contribution in [0.1, 0.15) is 5.56 Å². The minimum Gasteiger partial charge on any atom is -0.380 e. The summed E-state index contributed by atoms with van der Waals surface area (Å²) in [6.07, 6.45) is 3.91. The molecule has 0 atom stereocenters. The van der Waals surface area contributed by atoms with Crippen LogP contribution in [-0.4, -0.2) is 9.78 Å². The van der Waals surface area contributed by atoms with Gasteiger partial charge in [0.25, 0.3) is 0 Å². The van der Waals surface area contributed by atoms with Gasteiger partial charge in [0, 0.05) is 36.6 Å². The Morgan fingerprint density at radius 2 is 1.75 bits per heavy atom. The van der Waals surface area contributed by atoms with Crippen LogP contribution >= 0.6 is 0 Å². The van der Waals surface area contributed by atoms with E-state index in [-0.39, 0.29) is 0 Å². The first-order valence-corrected chi connectivity index (χ1v) is 6.69. The SMILES string of the molecule is Cn1cc(CNc2ccccc2-c2ccccc2)cn1. The maximum Gasteiger partial charge on any atom is 0.0539 e. The number of aryl methyl sites for hydroxylation is 1. The molecule has 3 nitrogen and oxygen atoms in total. The molecule has 0 radical (unpaired) electrons. The predicted octanol–water partition coefficient (Wildman–Crippen LogP) is 3.70. The van der Waals surface area contributed by atoms with E-state index >= 15 is 0 Å². The summed E-state index contributed by atoms with van der Waals surface area (Å²) >= 11 is 0. The molecular weight excluding hydrogens is 246 g/mol. The van der Waals surface area contributed by atoms with E-state index in [0.717, 1.165) is 12.2 Å². The normalized spacial score (nSPS) is 10.4. The third kappa shape index (κ3) is 2.72. The Balaban J connectivity index is 1.83. The quantitative estimate of drug-likeness (QED) is 0.778. The molecule has 1 N–H and O–H groups in total. The largest absolute Gasteiger partial charge is 0.380 e. The molecular formula is C17H17N3. The van der Waals surface area contributed by atoms with Gasteiger partial charge >= 0.3 is 0 Å². The molecule has 0 aliphatic carbocycles. The Labute approximate surface area is 118 Å². The minimum absolute atomic E-state index is 0.775. The lowest BCUT2D eigenvalue weighted by atomic mass is 10.0. The Bertz CT molecular complexity index is 686. The van der Waals surface area contributed by atoms with Gasteiger partial charge < -0.3 is 5.32 Å². The van der Waals surface area contributed by atoms with E-state index in [2.05, 4.69) is 58.9 Å². The zero-order valence-corrected chi connectivity index (χ0v) is 11.5. The zero-order valence-electron chi connectivity index (χ0n) is 11.5. The van der Waals surface area contributed by atoms with Crippen molar-refractivity contribution in [2.45, 2.75) is 6.54 Å². The van der Waals surface area contributed by atoms with Crippen molar-refractivity contribution >= 4 is 5.69 Å². The summed E-state index contributed by atoms with van der Waals surface area (Å²) in [6, 6.07) is 18.8. The lowest BCUT2D eigenvalue weighted by Gasteiger charge is -2.11. The van der Waals surface area contributed by atoms with Crippen LogP contribution in [0.25, 0.3) is 11.1 Å².